The van der Waals surface area contributed by atoms with E-state index in [1.165, 1.54) is 0 Å². The number of ether oxygens (including phenoxy) is 1. The molecule has 1 aromatic rings. The molecule has 21 heavy (non-hydrogen) atoms. The van der Waals surface area contributed by atoms with Crippen molar-refractivity contribution < 1.29 is 9.84 Å². The number of rotatable bonds is 5. The zero-order valence-corrected chi connectivity index (χ0v) is 13.3. The molecule has 2 atom stereocenters. The average molecular weight is 293 g/mol. The molecule has 2 unspecified atom stereocenters. The van der Waals surface area contributed by atoms with Crippen LogP contribution in [0.25, 0.3) is 0 Å². The lowest BCUT2D eigenvalue weighted by atomic mass is 10.0. The van der Waals surface area contributed by atoms with Crippen LogP contribution in [0.15, 0.2) is 18.5 Å². The van der Waals surface area contributed by atoms with Crippen LogP contribution in [-0.2, 0) is 0 Å². The Morgan fingerprint density at radius 3 is 2.95 bits per heavy atom. The Labute approximate surface area is 127 Å². The summed E-state index contributed by atoms with van der Waals surface area (Å²) in [4.78, 5) is 8.73. The van der Waals surface area contributed by atoms with Gasteiger partial charge in [0, 0.05) is 18.3 Å². The molecule has 1 aromatic heterocycles. The first kappa shape index (κ1) is 16.2. The van der Waals surface area contributed by atoms with E-state index in [1.807, 2.05) is 6.07 Å². The highest BCUT2D eigenvalue weighted by atomic mass is 16.5. The van der Waals surface area contributed by atoms with E-state index in [2.05, 4.69) is 35.8 Å². The van der Waals surface area contributed by atoms with Crippen molar-refractivity contribution in [3.05, 3.63) is 24.0 Å². The maximum atomic E-state index is 10.7. The fourth-order valence-corrected chi connectivity index (χ4v) is 2.77. The summed E-state index contributed by atoms with van der Waals surface area (Å²) in [6.45, 7) is 5.68. The molecule has 0 aromatic carbocycles. The van der Waals surface area contributed by atoms with Gasteiger partial charge in [-0.2, -0.15) is 0 Å². The molecular weight excluding hydrogens is 266 g/mol. The Hall–Kier alpha value is -1.17. The molecule has 0 radical (unpaired) electrons. The summed E-state index contributed by atoms with van der Waals surface area (Å²) >= 11 is 0. The summed E-state index contributed by atoms with van der Waals surface area (Å²) in [5, 5.41) is 10.7. The van der Waals surface area contributed by atoms with Crippen LogP contribution in [0.4, 0.5) is 0 Å². The van der Waals surface area contributed by atoms with Gasteiger partial charge < -0.3 is 14.7 Å². The standard InChI is InChI=1S/C16H27N3O2/c1-4-8-21-14-9-13(10-17-11-14)16(20)15-12-18(2)6-5-7-19(15)3/h9-11,15-16,20H,4-8,12H2,1-3H3. The topological polar surface area (TPSA) is 48.8 Å². The van der Waals surface area contributed by atoms with Crippen molar-refractivity contribution in [3.8, 4) is 5.75 Å². The molecule has 2 rings (SSSR count). The monoisotopic (exact) mass is 293 g/mol. The van der Waals surface area contributed by atoms with E-state index in [9.17, 15) is 5.11 Å². The summed E-state index contributed by atoms with van der Waals surface area (Å²) in [7, 11) is 4.19. The molecule has 1 N–H and O–H groups in total. The van der Waals surface area contributed by atoms with Gasteiger partial charge in [-0.1, -0.05) is 6.92 Å². The second-order valence-electron chi connectivity index (χ2n) is 5.91. The van der Waals surface area contributed by atoms with Crippen molar-refractivity contribution in [1.82, 2.24) is 14.8 Å². The van der Waals surface area contributed by atoms with Crippen LogP contribution in [0.5, 0.6) is 5.75 Å². The minimum absolute atomic E-state index is 0.0840. The van der Waals surface area contributed by atoms with E-state index in [4.69, 9.17) is 4.74 Å². The van der Waals surface area contributed by atoms with Crippen molar-refractivity contribution in [3.63, 3.8) is 0 Å². The Kier molecular flexibility index (Phi) is 5.96. The Morgan fingerprint density at radius 2 is 2.19 bits per heavy atom. The summed E-state index contributed by atoms with van der Waals surface area (Å²) in [5.41, 5.74) is 0.829. The molecule has 0 saturated carbocycles. The van der Waals surface area contributed by atoms with Gasteiger partial charge in [0.1, 0.15) is 5.75 Å². The van der Waals surface area contributed by atoms with Crippen molar-refractivity contribution in [1.29, 1.82) is 0 Å². The number of nitrogens with zero attached hydrogens (tertiary/aromatic N) is 3. The molecule has 2 heterocycles. The van der Waals surface area contributed by atoms with E-state index >= 15 is 0 Å². The van der Waals surface area contributed by atoms with Gasteiger partial charge in [0.15, 0.2) is 0 Å². The van der Waals surface area contributed by atoms with E-state index in [1.54, 1.807) is 12.4 Å². The van der Waals surface area contributed by atoms with Gasteiger partial charge in [-0.25, -0.2) is 0 Å². The maximum absolute atomic E-state index is 10.7. The summed E-state index contributed by atoms with van der Waals surface area (Å²) in [5.74, 6) is 0.734. The van der Waals surface area contributed by atoms with Gasteiger partial charge in [-0.05, 0) is 46.1 Å². The zero-order chi connectivity index (χ0) is 15.2. The van der Waals surface area contributed by atoms with Gasteiger partial charge in [0.2, 0.25) is 0 Å². The smallest absolute Gasteiger partial charge is 0.137 e. The van der Waals surface area contributed by atoms with Crippen LogP contribution < -0.4 is 4.74 Å². The highest BCUT2D eigenvalue weighted by Crippen LogP contribution is 2.25. The average Bonchev–Trinajstić information content (AvgIpc) is 2.66. The molecule has 1 fully saturated rings. The molecule has 1 aliphatic heterocycles. The first-order valence-corrected chi connectivity index (χ1v) is 7.76. The van der Waals surface area contributed by atoms with Gasteiger partial charge in [0.05, 0.1) is 24.9 Å². The molecule has 5 heteroatoms. The van der Waals surface area contributed by atoms with Crippen molar-refractivity contribution in [2.75, 3.05) is 40.3 Å². The molecule has 0 spiro atoms. The number of likely N-dealkylation sites (N-methyl/N-ethyl adjacent to an activating group) is 2. The van der Waals surface area contributed by atoms with Gasteiger partial charge in [-0.3, -0.25) is 9.88 Å². The Morgan fingerprint density at radius 1 is 1.38 bits per heavy atom. The van der Waals surface area contributed by atoms with Crippen molar-refractivity contribution in [2.45, 2.75) is 31.9 Å². The van der Waals surface area contributed by atoms with Crippen LogP contribution in [0, 0.1) is 0 Å². The van der Waals surface area contributed by atoms with Gasteiger partial charge in [-0.15, -0.1) is 0 Å². The summed E-state index contributed by atoms with van der Waals surface area (Å²) in [6, 6.07) is 1.99. The lowest BCUT2D eigenvalue weighted by molar-refractivity contribution is 0.0568. The van der Waals surface area contributed by atoms with Crippen molar-refractivity contribution in [2.24, 2.45) is 0 Å². The first-order valence-electron chi connectivity index (χ1n) is 7.76. The minimum atomic E-state index is -0.548. The highest BCUT2D eigenvalue weighted by Gasteiger charge is 2.28. The van der Waals surface area contributed by atoms with Gasteiger partial charge in [0.25, 0.3) is 0 Å². The number of aromatic nitrogens is 1. The van der Waals surface area contributed by atoms with Gasteiger partial charge >= 0.3 is 0 Å². The number of aliphatic hydroxyl groups excluding tert-OH is 1. The van der Waals surface area contributed by atoms with E-state index in [0.29, 0.717) is 6.61 Å². The zero-order valence-electron chi connectivity index (χ0n) is 13.3. The quantitative estimate of drug-likeness (QED) is 0.892. The second-order valence-corrected chi connectivity index (χ2v) is 5.91. The number of aliphatic hydroxyl groups is 1. The third-order valence-corrected chi connectivity index (χ3v) is 4.03. The van der Waals surface area contributed by atoms with Crippen LogP contribution in [0.1, 0.15) is 31.4 Å². The number of pyridine rings is 1. The fraction of sp³-hybridized carbons (Fsp3) is 0.688. The van der Waals surface area contributed by atoms with Crippen LogP contribution in [0.2, 0.25) is 0 Å². The summed E-state index contributed by atoms with van der Waals surface area (Å²) in [6.07, 6.45) is 4.99. The molecule has 1 aliphatic rings. The maximum Gasteiger partial charge on any atom is 0.137 e. The normalized spacial score (nSPS) is 22.8. The second kappa shape index (κ2) is 7.73. The molecule has 0 aliphatic carbocycles. The lowest BCUT2D eigenvalue weighted by Gasteiger charge is -2.31. The highest BCUT2D eigenvalue weighted by molar-refractivity contribution is 5.26. The fourth-order valence-electron chi connectivity index (χ4n) is 2.77. The molecule has 5 nitrogen and oxygen atoms in total. The SMILES string of the molecule is CCCOc1cncc(C(O)C2CN(C)CCCN2C)c1. The largest absolute Gasteiger partial charge is 0.492 e. The molecule has 0 amide bonds. The van der Waals surface area contributed by atoms with Crippen LogP contribution in [-0.4, -0.2) is 66.3 Å². The molecule has 0 bridgehead atoms. The Bertz CT molecular complexity index is 441. The minimum Gasteiger partial charge on any atom is -0.492 e. The van der Waals surface area contributed by atoms with E-state index in [-0.39, 0.29) is 6.04 Å². The lowest BCUT2D eigenvalue weighted by Crippen LogP contribution is -2.42. The van der Waals surface area contributed by atoms with Crippen LogP contribution in [0.3, 0.4) is 0 Å². The van der Waals surface area contributed by atoms with E-state index in [0.717, 1.165) is 43.8 Å². The molecular formula is C16H27N3O2. The Balaban J connectivity index is 2.11. The van der Waals surface area contributed by atoms with Crippen molar-refractivity contribution >= 4 is 0 Å². The van der Waals surface area contributed by atoms with E-state index < -0.39 is 6.10 Å². The third-order valence-electron chi connectivity index (χ3n) is 4.03. The summed E-state index contributed by atoms with van der Waals surface area (Å²) < 4.78 is 5.61. The van der Waals surface area contributed by atoms with Crippen LogP contribution >= 0.6 is 0 Å². The predicted octanol–water partition coefficient (Wildman–Crippen LogP) is 1.54. The number of hydrogen-bond donors (Lipinski definition) is 1. The first-order chi connectivity index (χ1) is 10.1. The molecule has 1 saturated heterocycles. The number of hydrogen-bond acceptors (Lipinski definition) is 5. The molecule has 118 valence electrons. The predicted molar refractivity (Wildman–Crippen MR) is 83.5 cm³/mol. The third kappa shape index (κ3) is 4.40.